The zero-order chi connectivity index (χ0) is 16.1. The highest BCUT2D eigenvalue weighted by Crippen LogP contribution is 2.33. The molecule has 2 aromatic carbocycles. The topological polar surface area (TPSA) is 12.5 Å². The molecular weight excluding hydrogens is 270 g/mol. The molecule has 0 aromatic heterocycles. The van der Waals surface area contributed by atoms with Crippen molar-refractivity contribution in [3.8, 4) is 11.5 Å². The summed E-state index contributed by atoms with van der Waals surface area (Å²) in [7, 11) is 4.30. The van der Waals surface area contributed by atoms with E-state index in [1.807, 2.05) is 30.3 Å². The van der Waals surface area contributed by atoms with Crippen LogP contribution in [0.3, 0.4) is 0 Å². The fourth-order valence-electron chi connectivity index (χ4n) is 2.79. The van der Waals surface area contributed by atoms with E-state index in [4.69, 9.17) is 4.74 Å². The number of benzene rings is 2. The van der Waals surface area contributed by atoms with Crippen LogP contribution >= 0.6 is 0 Å². The minimum atomic E-state index is 0.422. The Balaban J connectivity index is 2.16. The molecule has 0 saturated heterocycles. The van der Waals surface area contributed by atoms with Crippen LogP contribution in [-0.2, 0) is 0 Å². The predicted octanol–water partition coefficient (Wildman–Crippen LogP) is 5.37. The van der Waals surface area contributed by atoms with Gasteiger partial charge in [-0.05, 0) is 55.8 Å². The first-order chi connectivity index (χ1) is 10.5. The van der Waals surface area contributed by atoms with E-state index in [1.54, 1.807) is 0 Å². The van der Waals surface area contributed by atoms with Gasteiger partial charge in [0.25, 0.3) is 0 Å². The summed E-state index contributed by atoms with van der Waals surface area (Å²) in [5.41, 5.74) is 1.34. The lowest BCUT2D eigenvalue weighted by molar-refractivity contribution is 0.184. The van der Waals surface area contributed by atoms with Crippen molar-refractivity contribution >= 4 is 0 Å². The van der Waals surface area contributed by atoms with Crippen LogP contribution in [0.5, 0.6) is 11.5 Å². The zero-order valence-corrected chi connectivity index (χ0v) is 14.3. The number of nitrogens with zero attached hydrogens (tertiary/aromatic N) is 1. The largest absolute Gasteiger partial charge is 0.457 e. The van der Waals surface area contributed by atoms with Gasteiger partial charge in [-0.2, -0.15) is 0 Å². The number of hydrogen-bond donors (Lipinski definition) is 0. The van der Waals surface area contributed by atoms with E-state index in [1.165, 1.54) is 5.56 Å². The van der Waals surface area contributed by atoms with E-state index in [2.05, 4.69) is 64.0 Å². The van der Waals surface area contributed by atoms with Crippen LogP contribution in [-0.4, -0.2) is 19.0 Å². The van der Waals surface area contributed by atoms with Crippen LogP contribution in [0.1, 0.15) is 32.4 Å². The molecule has 2 aromatic rings. The van der Waals surface area contributed by atoms with Gasteiger partial charge in [0.05, 0.1) is 0 Å². The molecule has 0 spiro atoms. The molecule has 0 heterocycles. The van der Waals surface area contributed by atoms with Crippen molar-refractivity contribution in [2.75, 3.05) is 14.1 Å². The van der Waals surface area contributed by atoms with Gasteiger partial charge >= 0.3 is 0 Å². The Bertz CT molecular complexity index is 560. The van der Waals surface area contributed by atoms with Gasteiger partial charge in [-0.15, -0.1) is 0 Å². The van der Waals surface area contributed by atoms with E-state index in [-0.39, 0.29) is 0 Å². The zero-order valence-electron chi connectivity index (χ0n) is 14.3. The molecule has 0 aliphatic carbocycles. The SMILES string of the molecule is CC(C)[C@@H](C)[C@H](c1ccc(Oc2ccccc2)cc1)N(C)C. The molecule has 0 radical (unpaired) electrons. The maximum atomic E-state index is 5.87. The fraction of sp³-hybridized carbons (Fsp3) is 0.400. The lowest BCUT2D eigenvalue weighted by Crippen LogP contribution is -2.28. The van der Waals surface area contributed by atoms with Crippen LogP contribution in [0, 0.1) is 11.8 Å². The van der Waals surface area contributed by atoms with E-state index >= 15 is 0 Å². The van der Waals surface area contributed by atoms with E-state index in [9.17, 15) is 0 Å². The van der Waals surface area contributed by atoms with Gasteiger partial charge in [0.2, 0.25) is 0 Å². The fourth-order valence-corrected chi connectivity index (χ4v) is 2.79. The van der Waals surface area contributed by atoms with E-state index in [0.29, 0.717) is 17.9 Å². The molecule has 118 valence electrons. The molecule has 0 saturated carbocycles. The normalized spacial score (nSPS) is 14.1. The van der Waals surface area contributed by atoms with Crippen molar-refractivity contribution in [2.24, 2.45) is 11.8 Å². The van der Waals surface area contributed by atoms with Gasteiger partial charge < -0.3 is 9.64 Å². The van der Waals surface area contributed by atoms with Crippen LogP contribution in [0.2, 0.25) is 0 Å². The smallest absolute Gasteiger partial charge is 0.127 e. The Kier molecular flexibility index (Phi) is 5.62. The molecule has 2 atom stereocenters. The van der Waals surface area contributed by atoms with E-state index in [0.717, 1.165) is 11.5 Å². The molecule has 0 aliphatic rings. The van der Waals surface area contributed by atoms with Crippen molar-refractivity contribution in [1.29, 1.82) is 0 Å². The second kappa shape index (κ2) is 7.46. The quantitative estimate of drug-likeness (QED) is 0.710. The molecule has 0 aliphatic heterocycles. The van der Waals surface area contributed by atoms with Crippen molar-refractivity contribution in [2.45, 2.75) is 26.8 Å². The van der Waals surface area contributed by atoms with Crippen molar-refractivity contribution in [3.63, 3.8) is 0 Å². The Morgan fingerprint density at radius 1 is 0.773 bits per heavy atom. The van der Waals surface area contributed by atoms with Gasteiger partial charge in [-0.1, -0.05) is 51.1 Å². The first-order valence-corrected chi connectivity index (χ1v) is 7.98. The summed E-state index contributed by atoms with van der Waals surface area (Å²) in [5.74, 6) is 2.99. The lowest BCUT2D eigenvalue weighted by Gasteiger charge is -2.33. The molecular formula is C20H27NO. The average molecular weight is 297 g/mol. The van der Waals surface area contributed by atoms with Crippen LogP contribution < -0.4 is 4.74 Å². The van der Waals surface area contributed by atoms with Crippen LogP contribution in [0.25, 0.3) is 0 Å². The summed E-state index contributed by atoms with van der Waals surface area (Å²) >= 11 is 0. The van der Waals surface area contributed by atoms with Crippen molar-refractivity contribution < 1.29 is 4.74 Å². The number of rotatable bonds is 6. The van der Waals surface area contributed by atoms with E-state index < -0.39 is 0 Å². The second-order valence-electron chi connectivity index (χ2n) is 6.50. The first-order valence-electron chi connectivity index (χ1n) is 7.98. The molecule has 2 nitrogen and oxygen atoms in total. The first kappa shape index (κ1) is 16.6. The predicted molar refractivity (Wildman–Crippen MR) is 93.4 cm³/mol. The highest BCUT2D eigenvalue weighted by Gasteiger charge is 2.23. The lowest BCUT2D eigenvalue weighted by atomic mass is 9.85. The monoisotopic (exact) mass is 297 g/mol. The van der Waals surface area contributed by atoms with Crippen molar-refractivity contribution in [3.05, 3.63) is 60.2 Å². The highest BCUT2D eigenvalue weighted by molar-refractivity contribution is 5.34. The summed E-state index contributed by atoms with van der Waals surface area (Å²) in [6.07, 6.45) is 0. The molecule has 0 amide bonds. The molecule has 0 unspecified atom stereocenters. The Morgan fingerprint density at radius 3 is 1.82 bits per heavy atom. The Labute approximate surface area is 134 Å². The summed E-state index contributed by atoms with van der Waals surface area (Å²) in [6.45, 7) is 6.89. The van der Waals surface area contributed by atoms with Gasteiger partial charge in [-0.25, -0.2) is 0 Å². The third-order valence-electron chi connectivity index (χ3n) is 4.31. The Hall–Kier alpha value is -1.80. The summed E-state index contributed by atoms with van der Waals surface area (Å²) in [5, 5.41) is 0. The second-order valence-corrected chi connectivity index (χ2v) is 6.50. The molecule has 2 rings (SSSR count). The maximum absolute atomic E-state index is 5.87. The van der Waals surface area contributed by atoms with Gasteiger partial charge in [0.15, 0.2) is 0 Å². The van der Waals surface area contributed by atoms with Gasteiger partial charge in [0, 0.05) is 6.04 Å². The molecule has 22 heavy (non-hydrogen) atoms. The third kappa shape index (κ3) is 4.11. The van der Waals surface area contributed by atoms with Crippen LogP contribution in [0.15, 0.2) is 54.6 Å². The van der Waals surface area contributed by atoms with Crippen LogP contribution in [0.4, 0.5) is 0 Å². The minimum Gasteiger partial charge on any atom is -0.457 e. The number of hydrogen-bond acceptors (Lipinski definition) is 2. The summed E-state index contributed by atoms with van der Waals surface area (Å²) < 4.78 is 5.87. The number of ether oxygens (including phenoxy) is 1. The third-order valence-corrected chi connectivity index (χ3v) is 4.31. The molecule has 0 N–H and O–H groups in total. The summed E-state index contributed by atoms with van der Waals surface area (Å²) in [6, 6.07) is 18.8. The summed E-state index contributed by atoms with van der Waals surface area (Å²) in [4.78, 5) is 2.30. The molecule has 0 bridgehead atoms. The maximum Gasteiger partial charge on any atom is 0.127 e. The minimum absolute atomic E-state index is 0.422. The number of para-hydroxylation sites is 1. The standard InChI is InChI=1S/C20H27NO/c1-15(2)16(3)20(21(4)5)17-11-13-19(14-12-17)22-18-9-7-6-8-10-18/h6-16,20H,1-5H3/t16-,20-/m1/s1. The highest BCUT2D eigenvalue weighted by atomic mass is 16.5. The van der Waals surface area contributed by atoms with Gasteiger partial charge in [-0.3, -0.25) is 0 Å². The van der Waals surface area contributed by atoms with Gasteiger partial charge in [0.1, 0.15) is 11.5 Å². The molecule has 0 fully saturated rings. The van der Waals surface area contributed by atoms with Crippen molar-refractivity contribution in [1.82, 2.24) is 4.90 Å². The molecule has 2 heteroatoms. The Morgan fingerprint density at radius 2 is 1.32 bits per heavy atom. The average Bonchev–Trinajstić information content (AvgIpc) is 2.49.